The summed E-state index contributed by atoms with van der Waals surface area (Å²) in [5, 5.41) is 0. The number of carbonyl (C=O) groups is 2. The second-order valence-electron chi connectivity index (χ2n) is 6.09. The van der Waals surface area contributed by atoms with E-state index in [1.165, 1.54) is 5.69 Å². The summed E-state index contributed by atoms with van der Waals surface area (Å²) in [5.74, 6) is -0.108. The van der Waals surface area contributed by atoms with Crippen LogP contribution in [0.25, 0.3) is 0 Å². The van der Waals surface area contributed by atoms with Crippen LogP contribution in [0.1, 0.15) is 6.92 Å². The normalized spacial score (nSPS) is 15.0. The molecule has 1 N–H and O–H groups in total. The van der Waals surface area contributed by atoms with E-state index in [0.717, 1.165) is 31.9 Å². The topological polar surface area (TPSA) is 84.0 Å². The first kappa shape index (κ1) is 18.5. The summed E-state index contributed by atoms with van der Waals surface area (Å²) in [6.45, 7) is 5.27. The van der Waals surface area contributed by atoms with Gasteiger partial charge in [0.05, 0.1) is 0 Å². The summed E-state index contributed by atoms with van der Waals surface area (Å²) in [4.78, 5) is 34.9. The van der Waals surface area contributed by atoms with Gasteiger partial charge in [-0.05, 0) is 43.3 Å². The van der Waals surface area contributed by atoms with E-state index in [-0.39, 0.29) is 6.41 Å². The lowest BCUT2D eigenvalue weighted by Gasteiger charge is -2.37. The van der Waals surface area contributed by atoms with E-state index < -0.39 is 12.1 Å². The maximum atomic E-state index is 11.6. The van der Waals surface area contributed by atoms with Gasteiger partial charge in [0.25, 0.3) is 0 Å². The number of hydroxylamine groups is 1. The van der Waals surface area contributed by atoms with Gasteiger partial charge in [0.15, 0.2) is 6.10 Å². The second kappa shape index (κ2) is 8.88. The Hall–Kier alpha value is -3.29. The van der Waals surface area contributed by atoms with E-state index in [2.05, 4.69) is 19.6 Å². The SMILES string of the molecule is CC(Oc1ccc(N2CCN(c3ccncc3)CC2)cc1)C(=O)ONC=O. The van der Waals surface area contributed by atoms with Crippen molar-refractivity contribution in [3.8, 4) is 5.75 Å². The van der Waals surface area contributed by atoms with Gasteiger partial charge in [0.1, 0.15) is 5.75 Å². The molecule has 1 aliphatic heterocycles. The fraction of sp³-hybridized carbons (Fsp3) is 0.316. The molecule has 3 rings (SSSR count). The van der Waals surface area contributed by atoms with Crippen molar-refractivity contribution < 1.29 is 19.2 Å². The van der Waals surface area contributed by atoms with Crippen molar-refractivity contribution >= 4 is 23.8 Å². The first-order chi connectivity index (χ1) is 13.2. The average molecular weight is 370 g/mol. The van der Waals surface area contributed by atoms with E-state index in [4.69, 9.17) is 4.74 Å². The summed E-state index contributed by atoms with van der Waals surface area (Å²) >= 11 is 0. The number of pyridine rings is 1. The minimum Gasteiger partial charge on any atom is -0.479 e. The van der Waals surface area contributed by atoms with Crippen LogP contribution in [0.3, 0.4) is 0 Å². The van der Waals surface area contributed by atoms with Crippen molar-refractivity contribution in [2.75, 3.05) is 36.0 Å². The lowest BCUT2D eigenvalue weighted by molar-refractivity contribution is -0.161. The van der Waals surface area contributed by atoms with Crippen molar-refractivity contribution in [2.45, 2.75) is 13.0 Å². The van der Waals surface area contributed by atoms with Crippen LogP contribution in [-0.4, -0.2) is 49.6 Å². The minimum atomic E-state index is -0.827. The molecule has 1 aromatic heterocycles. The van der Waals surface area contributed by atoms with Crippen molar-refractivity contribution in [1.29, 1.82) is 0 Å². The minimum absolute atomic E-state index is 0.286. The molecular formula is C19H22N4O4. The maximum absolute atomic E-state index is 11.6. The number of ether oxygens (including phenoxy) is 1. The van der Waals surface area contributed by atoms with Crippen LogP contribution in [-0.2, 0) is 14.4 Å². The van der Waals surface area contributed by atoms with Crippen LogP contribution in [0.4, 0.5) is 11.4 Å². The molecule has 1 saturated heterocycles. The van der Waals surface area contributed by atoms with Crippen LogP contribution in [0.2, 0.25) is 0 Å². The third kappa shape index (κ3) is 4.87. The monoisotopic (exact) mass is 370 g/mol. The quantitative estimate of drug-likeness (QED) is 0.582. The molecule has 1 unspecified atom stereocenters. The number of hydrogen-bond donors (Lipinski definition) is 1. The molecule has 2 heterocycles. The molecule has 0 radical (unpaired) electrons. The van der Waals surface area contributed by atoms with E-state index in [1.807, 2.05) is 54.3 Å². The molecule has 1 aromatic carbocycles. The molecule has 142 valence electrons. The Morgan fingerprint density at radius 1 is 1.04 bits per heavy atom. The van der Waals surface area contributed by atoms with Gasteiger partial charge in [-0.25, -0.2) is 4.79 Å². The molecule has 1 atom stereocenters. The number of aromatic nitrogens is 1. The van der Waals surface area contributed by atoms with Gasteiger partial charge in [-0.3, -0.25) is 9.78 Å². The number of benzene rings is 1. The number of amides is 1. The fourth-order valence-corrected chi connectivity index (χ4v) is 2.93. The number of hydrogen-bond acceptors (Lipinski definition) is 7. The Balaban J connectivity index is 1.52. The molecule has 2 aromatic rings. The highest BCUT2D eigenvalue weighted by molar-refractivity contribution is 5.75. The van der Waals surface area contributed by atoms with Gasteiger partial charge >= 0.3 is 5.97 Å². The van der Waals surface area contributed by atoms with Crippen LogP contribution in [0.5, 0.6) is 5.75 Å². The van der Waals surface area contributed by atoms with Crippen molar-refractivity contribution in [3.05, 3.63) is 48.8 Å². The zero-order valence-corrected chi connectivity index (χ0v) is 15.1. The Morgan fingerprint density at radius 2 is 1.59 bits per heavy atom. The smallest absolute Gasteiger partial charge is 0.371 e. The molecule has 1 fully saturated rings. The Kier molecular flexibility index (Phi) is 6.09. The predicted molar refractivity (Wildman–Crippen MR) is 100 cm³/mol. The number of anilines is 2. The first-order valence-corrected chi connectivity index (χ1v) is 8.74. The molecule has 0 aliphatic carbocycles. The zero-order valence-electron chi connectivity index (χ0n) is 15.1. The summed E-state index contributed by atoms with van der Waals surface area (Å²) in [6.07, 6.45) is 3.08. The fourth-order valence-electron chi connectivity index (χ4n) is 2.93. The molecule has 1 amide bonds. The Bertz CT molecular complexity index is 746. The van der Waals surface area contributed by atoms with Gasteiger partial charge in [0, 0.05) is 49.9 Å². The largest absolute Gasteiger partial charge is 0.479 e. The van der Waals surface area contributed by atoms with Crippen molar-refractivity contribution in [1.82, 2.24) is 10.5 Å². The van der Waals surface area contributed by atoms with E-state index in [9.17, 15) is 9.59 Å². The highest BCUT2D eigenvalue weighted by atomic mass is 16.7. The number of nitrogens with one attached hydrogen (secondary N) is 1. The van der Waals surface area contributed by atoms with Gasteiger partial charge in [-0.1, -0.05) is 0 Å². The summed E-state index contributed by atoms with van der Waals surface area (Å²) in [6, 6.07) is 11.6. The Labute approximate surface area is 157 Å². The lowest BCUT2D eigenvalue weighted by Crippen LogP contribution is -2.46. The summed E-state index contributed by atoms with van der Waals surface area (Å²) in [7, 11) is 0. The van der Waals surface area contributed by atoms with Gasteiger partial charge in [-0.15, -0.1) is 0 Å². The van der Waals surface area contributed by atoms with E-state index >= 15 is 0 Å². The van der Waals surface area contributed by atoms with E-state index in [1.54, 1.807) is 6.92 Å². The molecule has 0 bridgehead atoms. The van der Waals surface area contributed by atoms with Crippen LogP contribution < -0.4 is 20.0 Å². The zero-order chi connectivity index (χ0) is 19.1. The van der Waals surface area contributed by atoms with Gasteiger partial charge in [0.2, 0.25) is 6.41 Å². The standard InChI is InChI=1S/C19H22N4O4/c1-15(19(25)27-21-14-24)26-18-4-2-16(3-5-18)22-10-12-23(13-11-22)17-6-8-20-9-7-17/h2-9,14-15H,10-13H2,1H3,(H,21,24). The number of nitrogens with zero attached hydrogens (tertiary/aromatic N) is 3. The van der Waals surface area contributed by atoms with Crippen LogP contribution in [0, 0.1) is 0 Å². The highest BCUT2D eigenvalue weighted by Gasteiger charge is 2.19. The number of carbonyl (C=O) groups excluding carboxylic acids is 2. The first-order valence-electron chi connectivity index (χ1n) is 8.74. The molecule has 0 spiro atoms. The van der Waals surface area contributed by atoms with E-state index in [0.29, 0.717) is 5.75 Å². The maximum Gasteiger partial charge on any atom is 0.371 e. The highest BCUT2D eigenvalue weighted by Crippen LogP contribution is 2.23. The van der Waals surface area contributed by atoms with Crippen LogP contribution >= 0.6 is 0 Å². The average Bonchev–Trinajstić information content (AvgIpc) is 2.73. The second-order valence-corrected chi connectivity index (χ2v) is 6.09. The Morgan fingerprint density at radius 3 is 2.15 bits per heavy atom. The van der Waals surface area contributed by atoms with Crippen molar-refractivity contribution in [3.63, 3.8) is 0 Å². The molecule has 1 aliphatic rings. The molecule has 8 heteroatoms. The van der Waals surface area contributed by atoms with Gasteiger partial charge < -0.3 is 19.4 Å². The summed E-state index contributed by atoms with van der Waals surface area (Å²) in [5.41, 5.74) is 4.16. The molecule has 0 saturated carbocycles. The van der Waals surface area contributed by atoms with Gasteiger partial charge in [-0.2, -0.15) is 5.48 Å². The molecule has 27 heavy (non-hydrogen) atoms. The lowest BCUT2D eigenvalue weighted by atomic mass is 10.2. The summed E-state index contributed by atoms with van der Waals surface area (Å²) < 4.78 is 5.53. The predicted octanol–water partition coefficient (Wildman–Crippen LogP) is 1.38. The number of rotatable bonds is 7. The molecule has 8 nitrogen and oxygen atoms in total. The number of piperazine rings is 1. The molecular weight excluding hydrogens is 348 g/mol. The third-order valence-electron chi connectivity index (χ3n) is 4.36. The van der Waals surface area contributed by atoms with Crippen molar-refractivity contribution in [2.24, 2.45) is 0 Å². The third-order valence-corrected chi connectivity index (χ3v) is 4.36. The van der Waals surface area contributed by atoms with Crippen LogP contribution in [0.15, 0.2) is 48.8 Å².